The Kier molecular flexibility index (Phi) is 4.41. The van der Waals surface area contributed by atoms with Gasteiger partial charge in [-0.1, -0.05) is 0 Å². The first-order valence-electron chi connectivity index (χ1n) is 5.49. The van der Waals surface area contributed by atoms with E-state index >= 15 is 0 Å². The second kappa shape index (κ2) is 6.06. The molecule has 20 heavy (non-hydrogen) atoms. The van der Waals surface area contributed by atoms with E-state index in [2.05, 4.69) is 15.9 Å². The van der Waals surface area contributed by atoms with Gasteiger partial charge in [0, 0.05) is 4.47 Å². The Bertz CT molecular complexity index is 638. The van der Waals surface area contributed by atoms with Crippen LogP contribution in [0.2, 0.25) is 0 Å². The standard InChI is InChI=1S/C13H10BrNO4S/c1-19-9-4-2-8(3-5-9)15(13(17)18)12(16)11-10(14)6-7-20-11/h2-7H,1H3,(H,17,18). The van der Waals surface area contributed by atoms with Gasteiger partial charge < -0.3 is 9.84 Å². The molecule has 1 N–H and O–H groups in total. The molecule has 1 aromatic heterocycles. The normalized spacial score (nSPS) is 10.1. The van der Waals surface area contributed by atoms with Crippen LogP contribution >= 0.6 is 27.3 Å². The highest BCUT2D eigenvalue weighted by molar-refractivity contribution is 9.10. The molecule has 1 aromatic carbocycles. The van der Waals surface area contributed by atoms with Crippen LogP contribution in [0.5, 0.6) is 5.75 Å². The highest BCUT2D eigenvalue weighted by Crippen LogP contribution is 2.27. The molecule has 0 radical (unpaired) electrons. The number of carboxylic acid groups (broad SMARTS) is 1. The summed E-state index contributed by atoms with van der Waals surface area (Å²) in [6, 6.07) is 7.94. The SMILES string of the molecule is COc1ccc(N(C(=O)O)C(=O)c2sccc2Br)cc1. The van der Waals surface area contributed by atoms with Gasteiger partial charge in [-0.05, 0) is 51.6 Å². The molecule has 2 rings (SSSR count). The van der Waals surface area contributed by atoms with Crippen LogP contribution in [0.15, 0.2) is 40.2 Å². The number of hydrogen-bond donors (Lipinski definition) is 1. The number of benzene rings is 1. The number of carbonyl (C=O) groups excluding carboxylic acids is 1. The number of rotatable bonds is 3. The van der Waals surface area contributed by atoms with Gasteiger partial charge in [0.05, 0.1) is 12.8 Å². The van der Waals surface area contributed by atoms with Crippen LogP contribution in [0, 0.1) is 0 Å². The molecule has 2 amide bonds. The average Bonchev–Trinajstić information content (AvgIpc) is 2.85. The van der Waals surface area contributed by atoms with Crippen molar-refractivity contribution in [2.75, 3.05) is 12.0 Å². The van der Waals surface area contributed by atoms with Crippen molar-refractivity contribution < 1.29 is 19.4 Å². The highest BCUT2D eigenvalue weighted by Gasteiger charge is 2.26. The molecule has 5 nitrogen and oxygen atoms in total. The second-order valence-electron chi connectivity index (χ2n) is 3.72. The van der Waals surface area contributed by atoms with Crippen LogP contribution in [0.25, 0.3) is 0 Å². The maximum atomic E-state index is 12.3. The van der Waals surface area contributed by atoms with Gasteiger partial charge in [-0.25, -0.2) is 9.69 Å². The average molecular weight is 356 g/mol. The fraction of sp³-hybridized carbons (Fsp3) is 0.0769. The molecule has 0 aliphatic rings. The van der Waals surface area contributed by atoms with Crippen molar-refractivity contribution in [3.63, 3.8) is 0 Å². The van der Waals surface area contributed by atoms with Gasteiger partial charge in [0.2, 0.25) is 0 Å². The molecule has 0 aliphatic carbocycles. The van der Waals surface area contributed by atoms with Gasteiger partial charge in [-0.3, -0.25) is 4.79 Å². The van der Waals surface area contributed by atoms with E-state index in [9.17, 15) is 14.7 Å². The van der Waals surface area contributed by atoms with E-state index in [0.717, 1.165) is 0 Å². The van der Waals surface area contributed by atoms with Crippen molar-refractivity contribution in [3.05, 3.63) is 45.1 Å². The van der Waals surface area contributed by atoms with Gasteiger partial charge in [0.15, 0.2) is 0 Å². The lowest BCUT2D eigenvalue weighted by atomic mass is 10.2. The van der Waals surface area contributed by atoms with E-state index in [1.807, 2.05) is 0 Å². The van der Waals surface area contributed by atoms with Gasteiger partial charge in [-0.15, -0.1) is 11.3 Å². The monoisotopic (exact) mass is 355 g/mol. The summed E-state index contributed by atoms with van der Waals surface area (Å²) < 4.78 is 5.58. The van der Waals surface area contributed by atoms with E-state index in [4.69, 9.17) is 4.74 Å². The predicted octanol–water partition coefficient (Wildman–Crippen LogP) is 3.84. The smallest absolute Gasteiger partial charge is 0.419 e. The van der Waals surface area contributed by atoms with Crippen molar-refractivity contribution in [3.8, 4) is 5.75 Å². The summed E-state index contributed by atoms with van der Waals surface area (Å²) in [5, 5.41) is 11.0. The first kappa shape index (κ1) is 14.5. The van der Waals surface area contributed by atoms with Crippen LogP contribution in [-0.2, 0) is 0 Å². The third-order valence-corrected chi connectivity index (χ3v) is 4.36. The van der Waals surface area contributed by atoms with Crippen molar-refractivity contribution >= 4 is 45.0 Å². The largest absolute Gasteiger partial charge is 0.497 e. The van der Waals surface area contributed by atoms with E-state index < -0.39 is 12.0 Å². The lowest BCUT2D eigenvalue weighted by Crippen LogP contribution is -2.35. The predicted molar refractivity (Wildman–Crippen MR) is 79.8 cm³/mol. The number of amides is 2. The summed E-state index contributed by atoms with van der Waals surface area (Å²) in [5.41, 5.74) is 0.267. The molecule has 1 heterocycles. The van der Waals surface area contributed by atoms with Crippen molar-refractivity contribution in [1.82, 2.24) is 0 Å². The number of thiophene rings is 1. The molecule has 0 fully saturated rings. The zero-order chi connectivity index (χ0) is 14.7. The number of methoxy groups -OCH3 is 1. The van der Waals surface area contributed by atoms with Crippen molar-refractivity contribution in [1.29, 1.82) is 0 Å². The summed E-state index contributed by atoms with van der Waals surface area (Å²) >= 11 is 4.41. The molecule has 0 atom stereocenters. The van der Waals surface area contributed by atoms with Crippen LogP contribution in [0.3, 0.4) is 0 Å². The maximum absolute atomic E-state index is 12.3. The number of ether oxygens (including phenoxy) is 1. The molecule has 0 saturated heterocycles. The fourth-order valence-corrected chi connectivity index (χ4v) is 3.06. The van der Waals surface area contributed by atoms with Gasteiger partial charge in [0.1, 0.15) is 10.6 Å². The Balaban J connectivity index is 2.38. The Labute approximate surface area is 127 Å². The first-order chi connectivity index (χ1) is 9.54. The topological polar surface area (TPSA) is 66.8 Å². The summed E-state index contributed by atoms with van der Waals surface area (Å²) in [6.45, 7) is 0. The van der Waals surface area contributed by atoms with E-state index in [-0.39, 0.29) is 5.69 Å². The minimum atomic E-state index is -1.33. The fourth-order valence-electron chi connectivity index (χ4n) is 1.59. The van der Waals surface area contributed by atoms with Gasteiger partial charge in [-0.2, -0.15) is 0 Å². The molecule has 0 spiro atoms. The zero-order valence-electron chi connectivity index (χ0n) is 10.4. The number of nitrogens with zero attached hydrogens (tertiary/aromatic N) is 1. The Morgan fingerprint density at radius 3 is 2.35 bits per heavy atom. The first-order valence-corrected chi connectivity index (χ1v) is 7.16. The van der Waals surface area contributed by atoms with Crippen LogP contribution in [0.1, 0.15) is 9.67 Å². The van der Waals surface area contributed by atoms with Crippen LogP contribution in [-0.4, -0.2) is 24.2 Å². The minimum Gasteiger partial charge on any atom is -0.497 e. The molecule has 0 aliphatic heterocycles. The van der Waals surface area contributed by atoms with Crippen molar-refractivity contribution in [2.24, 2.45) is 0 Å². The molecule has 2 aromatic rings. The Hall–Kier alpha value is -1.86. The highest BCUT2D eigenvalue weighted by atomic mass is 79.9. The molecule has 0 bridgehead atoms. The van der Waals surface area contributed by atoms with E-state index in [1.165, 1.54) is 30.6 Å². The second-order valence-corrected chi connectivity index (χ2v) is 5.49. The number of anilines is 1. The number of imide groups is 1. The summed E-state index contributed by atoms with van der Waals surface area (Å²) in [7, 11) is 1.51. The van der Waals surface area contributed by atoms with Crippen molar-refractivity contribution in [2.45, 2.75) is 0 Å². The third-order valence-electron chi connectivity index (χ3n) is 2.54. The lowest BCUT2D eigenvalue weighted by molar-refractivity contribution is 0.0986. The quantitative estimate of drug-likeness (QED) is 0.907. The summed E-state index contributed by atoms with van der Waals surface area (Å²) in [4.78, 5) is 24.7. The Morgan fingerprint density at radius 2 is 1.90 bits per heavy atom. The van der Waals surface area contributed by atoms with Gasteiger partial charge in [0.25, 0.3) is 5.91 Å². The number of halogens is 1. The summed E-state index contributed by atoms with van der Waals surface area (Å²) in [6.07, 6.45) is -1.33. The zero-order valence-corrected chi connectivity index (χ0v) is 12.8. The number of hydrogen-bond acceptors (Lipinski definition) is 4. The molecule has 7 heteroatoms. The van der Waals surface area contributed by atoms with E-state index in [1.54, 1.807) is 23.6 Å². The molecule has 0 unspecified atom stereocenters. The lowest BCUT2D eigenvalue weighted by Gasteiger charge is -2.17. The molecular formula is C13H10BrNO4S. The van der Waals surface area contributed by atoms with E-state index in [0.29, 0.717) is 20.0 Å². The third kappa shape index (κ3) is 2.83. The molecule has 104 valence electrons. The summed E-state index contributed by atoms with van der Waals surface area (Å²) in [5.74, 6) is -0.00613. The van der Waals surface area contributed by atoms with Crippen LogP contribution in [0.4, 0.5) is 10.5 Å². The minimum absolute atomic E-state index is 0.267. The Morgan fingerprint density at radius 1 is 1.25 bits per heavy atom. The van der Waals surface area contributed by atoms with Crippen LogP contribution < -0.4 is 9.64 Å². The molecular weight excluding hydrogens is 346 g/mol. The maximum Gasteiger partial charge on any atom is 0.419 e. The molecule has 0 saturated carbocycles. The van der Waals surface area contributed by atoms with Gasteiger partial charge >= 0.3 is 6.09 Å². The number of carbonyl (C=O) groups is 2.